The minimum absolute atomic E-state index is 0.0529. The topological polar surface area (TPSA) is 71.1 Å². The lowest BCUT2D eigenvalue weighted by Gasteiger charge is -2.23. The zero-order valence-corrected chi connectivity index (χ0v) is 10.5. The van der Waals surface area contributed by atoms with Crippen LogP contribution in [0.2, 0.25) is 0 Å². The summed E-state index contributed by atoms with van der Waals surface area (Å²) in [4.78, 5) is 27.0. The van der Waals surface area contributed by atoms with Gasteiger partial charge in [-0.05, 0) is 12.8 Å². The Balaban J connectivity index is 1.89. The van der Waals surface area contributed by atoms with Crippen LogP contribution < -0.4 is 10.6 Å². The minimum atomic E-state index is -0.0767. The minimum Gasteiger partial charge on any atom is -0.359 e. The first-order valence-electron chi connectivity index (χ1n) is 5.65. The quantitative estimate of drug-likeness (QED) is 0.846. The summed E-state index contributed by atoms with van der Waals surface area (Å²) >= 11 is 1.36. The summed E-state index contributed by atoms with van der Waals surface area (Å²) < 4.78 is 0. The Morgan fingerprint density at radius 3 is 2.88 bits per heavy atom. The number of rotatable bonds is 4. The Kier molecular flexibility index (Phi) is 3.73. The van der Waals surface area contributed by atoms with E-state index in [0.717, 1.165) is 19.3 Å². The number of hydrogen-bond acceptors (Lipinski definition) is 4. The van der Waals surface area contributed by atoms with Crippen LogP contribution in [0.4, 0.5) is 5.13 Å². The van der Waals surface area contributed by atoms with Crippen molar-refractivity contribution in [3.05, 3.63) is 11.1 Å². The zero-order valence-electron chi connectivity index (χ0n) is 9.66. The standard InChI is InChI=1S/C11H15N3O2S/c1-12-9(15)5-8-6-17-11(13-8)14-10(16)7-3-2-4-7/h6-7H,2-5H2,1H3,(H,12,15)(H,13,14,16). The first kappa shape index (κ1) is 12.0. The molecule has 1 aliphatic rings. The monoisotopic (exact) mass is 253 g/mol. The maximum absolute atomic E-state index is 11.7. The average Bonchev–Trinajstić information content (AvgIpc) is 2.62. The summed E-state index contributed by atoms with van der Waals surface area (Å²) in [5, 5.41) is 7.71. The van der Waals surface area contributed by atoms with E-state index in [4.69, 9.17) is 0 Å². The molecule has 1 aromatic rings. The molecule has 0 aliphatic heterocycles. The summed E-state index contributed by atoms with van der Waals surface area (Å²) in [5.74, 6) is 0.130. The number of nitrogens with zero attached hydrogens (tertiary/aromatic N) is 1. The van der Waals surface area contributed by atoms with Gasteiger partial charge in [0.05, 0.1) is 12.1 Å². The molecular weight excluding hydrogens is 238 g/mol. The molecule has 0 unspecified atom stereocenters. The van der Waals surface area contributed by atoms with Crippen LogP contribution in [-0.4, -0.2) is 23.8 Å². The molecule has 5 nitrogen and oxygen atoms in total. The van der Waals surface area contributed by atoms with Crippen molar-refractivity contribution < 1.29 is 9.59 Å². The fourth-order valence-electron chi connectivity index (χ4n) is 1.58. The molecule has 1 saturated carbocycles. The molecule has 2 rings (SSSR count). The van der Waals surface area contributed by atoms with Crippen molar-refractivity contribution in [2.45, 2.75) is 25.7 Å². The molecule has 2 amide bonds. The van der Waals surface area contributed by atoms with Crippen LogP contribution >= 0.6 is 11.3 Å². The molecule has 2 N–H and O–H groups in total. The predicted octanol–water partition coefficient (Wildman–Crippen LogP) is 1.17. The van der Waals surface area contributed by atoms with Crippen LogP contribution in [0.15, 0.2) is 5.38 Å². The number of hydrogen-bond donors (Lipinski definition) is 2. The summed E-state index contributed by atoms with van der Waals surface area (Å²) in [5.41, 5.74) is 0.693. The number of anilines is 1. The predicted molar refractivity (Wildman–Crippen MR) is 65.9 cm³/mol. The van der Waals surface area contributed by atoms with Crippen molar-refractivity contribution in [3.8, 4) is 0 Å². The molecule has 1 aromatic heterocycles. The molecule has 1 fully saturated rings. The normalized spacial score (nSPS) is 15.1. The maximum atomic E-state index is 11.7. The highest BCUT2D eigenvalue weighted by Gasteiger charge is 2.25. The van der Waals surface area contributed by atoms with Gasteiger partial charge in [-0.2, -0.15) is 0 Å². The lowest BCUT2D eigenvalue weighted by Crippen LogP contribution is -2.28. The molecule has 0 saturated heterocycles. The molecule has 1 aliphatic carbocycles. The van der Waals surface area contributed by atoms with Crippen molar-refractivity contribution in [3.63, 3.8) is 0 Å². The molecule has 0 bridgehead atoms. The van der Waals surface area contributed by atoms with Crippen LogP contribution in [0.5, 0.6) is 0 Å². The highest BCUT2D eigenvalue weighted by Crippen LogP contribution is 2.28. The van der Waals surface area contributed by atoms with Gasteiger partial charge in [-0.25, -0.2) is 4.98 Å². The second kappa shape index (κ2) is 5.27. The largest absolute Gasteiger partial charge is 0.359 e. The number of likely N-dealkylation sites (N-methyl/N-ethyl adjacent to an activating group) is 1. The Hall–Kier alpha value is -1.43. The third kappa shape index (κ3) is 3.03. The zero-order chi connectivity index (χ0) is 12.3. The van der Waals surface area contributed by atoms with Gasteiger partial charge in [0.25, 0.3) is 0 Å². The first-order chi connectivity index (χ1) is 8.19. The van der Waals surface area contributed by atoms with E-state index in [0.29, 0.717) is 10.8 Å². The number of thiazole rings is 1. The SMILES string of the molecule is CNC(=O)Cc1csc(NC(=O)C2CCC2)n1. The van der Waals surface area contributed by atoms with E-state index in [2.05, 4.69) is 15.6 Å². The van der Waals surface area contributed by atoms with Crippen LogP contribution in [0.25, 0.3) is 0 Å². The fraction of sp³-hybridized carbons (Fsp3) is 0.545. The molecule has 0 aromatic carbocycles. The maximum Gasteiger partial charge on any atom is 0.229 e. The number of carbonyl (C=O) groups excluding carboxylic acids is 2. The van der Waals surface area contributed by atoms with E-state index in [-0.39, 0.29) is 24.2 Å². The van der Waals surface area contributed by atoms with E-state index in [1.165, 1.54) is 11.3 Å². The average molecular weight is 253 g/mol. The lowest BCUT2D eigenvalue weighted by atomic mass is 9.85. The fourth-order valence-corrected chi connectivity index (χ4v) is 2.29. The van der Waals surface area contributed by atoms with E-state index >= 15 is 0 Å². The molecule has 92 valence electrons. The van der Waals surface area contributed by atoms with Crippen LogP contribution in [-0.2, 0) is 16.0 Å². The first-order valence-corrected chi connectivity index (χ1v) is 6.53. The van der Waals surface area contributed by atoms with Gasteiger partial charge in [-0.15, -0.1) is 11.3 Å². The van der Waals surface area contributed by atoms with Gasteiger partial charge in [-0.1, -0.05) is 6.42 Å². The van der Waals surface area contributed by atoms with Gasteiger partial charge in [0.1, 0.15) is 0 Å². The Labute approximate surface area is 104 Å². The van der Waals surface area contributed by atoms with Crippen LogP contribution in [0.1, 0.15) is 25.0 Å². The number of carbonyl (C=O) groups is 2. The molecule has 6 heteroatoms. The highest BCUT2D eigenvalue weighted by molar-refractivity contribution is 7.13. The van der Waals surface area contributed by atoms with Crippen molar-refractivity contribution in [1.29, 1.82) is 0 Å². The van der Waals surface area contributed by atoms with Gasteiger partial charge in [0.15, 0.2) is 5.13 Å². The lowest BCUT2D eigenvalue weighted by molar-refractivity contribution is -0.122. The van der Waals surface area contributed by atoms with E-state index < -0.39 is 0 Å². The highest BCUT2D eigenvalue weighted by atomic mass is 32.1. The van der Waals surface area contributed by atoms with E-state index in [1.54, 1.807) is 12.4 Å². The number of nitrogens with one attached hydrogen (secondary N) is 2. The third-order valence-electron chi connectivity index (χ3n) is 2.88. The smallest absolute Gasteiger partial charge is 0.229 e. The van der Waals surface area contributed by atoms with E-state index in [9.17, 15) is 9.59 Å². The number of aromatic nitrogens is 1. The molecule has 0 radical (unpaired) electrons. The molecule has 0 atom stereocenters. The van der Waals surface area contributed by atoms with Gasteiger partial charge in [-0.3, -0.25) is 9.59 Å². The van der Waals surface area contributed by atoms with Crippen LogP contribution in [0.3, 0.4) is 0 Å². The second-order valence-corrected chi connectivity index (χ2v) is 4.97. The van der Waals surface area contributed by atoms with Gasteiger partial charge < -0.3 is 10.6 Å². The molecule has 0 spiro atoms. The Morgan fingerprint density at radius 1 is 1.53 bits per heavy atom. The van der Waals surface area contributed by atoms with Crippen molar-refractivity contribution in [2.75, 3.05) is 12.4 Å². The van der Waals surface area contributed by atoms with Crippen LogP contribution in [0, 0.1) is 5.92 Å². The summed E-state index contributed by atoms with van der Waals surface area (Å²) in [6.07, 6.45) is 3.34. The molecule has 1 heterocycles. The van der Waals surface area contributed by atoms with Crippen molar-refractivity contribution in [2.24, 2.45) is 5.92 Å². The van der Waals surface area contributed by atoms with Crippen molar-refractivity contribution in [1.82, 2.24) is 10.3 Å². The Morgan fingerprint density at radius 2 is 2.29 bits per heavy atom. The van der Waals surface area contributed by atoms with E-state index in [1.807, 2.05) is 0 Å². The van der Waals surface area contributed by atoms with Gasteiger partial charge in [0, 0.05) is 18.3 Å². The van der Waals surface area contributed by atoms with Gasteiger partial charge in [0.2, 0.25) is 11.8 Å². The number of amides is 2. The summed E-state index contributed by atoms with van der Waals surface area (Å²) in [6.45, 7) is 0. The Bertz CT molecular complexity index is 426. The second-order valence-electron chi connectivity index (χ2n) is 4.11. The van der Waals surface area contributed by atoms with Crippen molar-refractivity contribution >= 4 is 28.3 Å². The summed E-state index contributed by atoms with van der Waals surface area (Å²) in [7, 11) is 1.59. The summed E-state index contributed by atoms with van der Waals surface area (Å²) in [6, 6.07) is 0. The third-order valence-corrected chi connectivity index (χ3v) is 3.68. The van der Waals surface area contributed by atoms with Gasteiger partial charge >= 0.3 is 0 Å². The molecule has 17 heavy (non-hydrogen) atoms. The molecular formula is C11H15N3O2S.